The largest absolute Gasteiger partial charge is 0.390 e. The Bertz CT molecular complexity index is 1270. The molecule has 1 aliphatic rings. The zero-order valence-electron chi connectivity index (χ0n) is 19.4. The minimum atomic E-state index is -0.931. The van der Waals surface area contributed by atoms with Crippen LogP contribution in [-0.4, -0.2) is 33.5 Å². The summed E-state index contributed by atoms with van der Waals surface area (Å²) in [6.07, 6.45) is -0.286. The first kappa shape index (κ1) is 24.6. The summed E-state index contributed by atoms with van der Waals surface area (Å²) in [5.74, 6) is 0.175. The molecule has 8 heteroatoms. The third kappa shape index (κ3) is 4.69. The average molecular weight is 595 g/mol. The van der Waals surface area contributed by atoms with Crippen LogP contribution in [0.25, 0.3) is 0 Å². The number of hydrogen-bond acceptors (Lipinski definition) is 6. The third-order valence-electron chi connectivity index (χ3n) is 6.45. The van der Waals surface area contributed by atoms with Crippen LogP contribution in [0, 0.1) is 3.57 Å². The molecule has 0 saturated carbocycles. The van der Waals surface area contributed by atoms with Crippen molar-refractivity contribution in [2.75, 3.05) is 12.3 Å². The topological polar surface area (TPSA) is 99.6 Å². The Morgan fingerprint density at radius 1 is 0.972 bits per heavy atom. The zero-order valence-corrected chi connectivity index (χ0v) is 21.6. The van der Waals surface area contributed by atoms with E-state index in [1.165, 1.54) is 4.57 Å². The van der Waals surface area contributed by atoms with E-state index in [-0.39, 0.29) is 18.8 Å². The fourth-order valence-electron chi connectivity index (χ4n) is 4.68. The Hall–Kier alpha value is -3.05. The number of nitrogen functional groups attached to an aromatic ring is 1. The molecule has 1 aliphatic heterocycles. The summed E-state index contributed by atoms with van der Waals surface area (Å²) in [7, 11) is 0. The van der Waals surface area contributed by atoms with Gasteiger partial charge >= 0.3 is 5.69 Å². The molecule has 0 radical (unpaired) electrons. The van der Waals surface area contributed by atoms with Crippen molar-refractivity contribution in [1.29, 1.82) is 0 Å². The number of anilines is 1. The van der Waals surface area contributed by atoms with E-state index in [0.717, 1.165) is 16.7 Å². The molecule has 7 nitrogen and oxygen atoms in total. The standard InChI is InChI=1S/C28H26IN3O4/c29-22-17-32(27(34)31-26(22)30)25-16-23(33)24(36-25)18-35-28(19-10-4-1-5-11-19,20-12-6-2-7-13-20)21-14-8-3-9-15-21/h1-15,17,23-25,33H,16,18H2,(H2,30,31,34)/t23-,24+,25+/m0/s1. The van der Waals surface area contributed by atoms with Crippen molar-refractivity contribution >= 4 is 28.4 Å². The Labute approximate surface area is 222 Å². The number of hydrogen-bond donors (Lipinski definition) is 2. The van der Waals surface area contributed by atoms with E-state index in [1.807, 2.05) is 114 Å². The minimum absolute atomic E-state index is 0.102. The predicted octanol–water partition coefficient (Wildman–Crippen LogP) is 4.09. The van der Waals surface area contributed by atoms with Gasteiger partial charge in [0, 0.05) is 12.6 Å². The predicted molar refractivity (Wildman–Crippen MR) is 145 cm³/mol. The van der Waals surface area contributed by atoms with E-state index in [0.29, 0.717) is 3.57 Å². The molecule has 1 aromatic heterocycles. The van der Waals surface area contributed by atoms with Gasteiger partial charge < -0.3 is 20.3 Å². The lowest BCUT2D eigenvalue weighted by atomic mass is 9.80. The molecule has 36 heavy (non-hydrogen) atoms. The van der Waals surface area contributed by atoms with Crippen molar-refractivity contribution in [3.63, 3.8) is 0 Å². The fourth-order valence-corrected chi connectivity index (χ4v) is 5.10. The number of nitrogens with two attached hydrogens (primary N) is 1. The summed E-state index contributed by atoms with van der Waals surface area (Å²) in [6.45, 7) is 0.102. The fraction of sp³-hybridized carbons (Fsp3) is 0.214. The maximum atomic E-state index is 12.4. The average Bonchev–Trinajstić information content (AvgIpc) is 3.28. The first-order valence-electron chi connectivity index (χ1n) is 11.7. The van der Waals surface area contributed by atoms with Crippen LogP contribution in [0.2, 0.25) is 0 Å². The molecule has 1 fully saturated rings. The molecular weight excluding hydrogens is 569 g/mol. The monoisotopic (exact) mass is 595 g/mol. The van der Waals surface area contributed by atoms with Gasteiger partial charge in [-0.1, -0.05) is 91.0 Å². The number of halogens is 1. The Morgan fingerprint density at radius 2 is 1.47 bits per heavy atom. The molecule has 184 valence electrons. The van der Waals surface area contributed by atoms with Crippen LogP contribution in [0.15, 0.2) is 102 Å². The van der Waals surface area contributed by atoms with Gasteiger partial charge in [0.15, 0.2) is 0 Å². The highest BCUT2D eigenvalue weighted by molar-refractivity contribution is 14.1. The third-order valence-corrected chi connectivity index (χ3v) is 7.28. The van der Waals surface area contributed by atoms with Gasteiger partial charge in [0.25, 0.3) is 0 Å². The van der Waals surface area contributed by atoms with Gasteiger partial charge in [-0.3, -0.25) is 4.57 Å². The normalized spacial score (nSPS) is 19.9. The second kappa shape index (κ2) is 10.5. The number of ether oxygens (including phenoxy) is 2. The quantitative estimate of drug-likeness (QED) is 0.247. The maximum Gasteiger partial charge on any atom is 0.351 e. The summed E-state index contributed by atoms with van der Waals surface area (Å²) >= 11 is 2.02. The van der Waals surface area contributed by atoms with Crippen LogP contribution in [0.5, 0.6) is 0 Å². The van der Waals surface area contributed by atoms with Crippen LogP contribution in [-0.2, 0) is 15.1 Å². The molecule has 0 bridgehead atoms. The van der Waals surface area contributed by atoms with Gasteiger partial charge in [0.2, 0.25) is 0 Å². The van der Waals surface area contributed by atoms with Crippen LogP contribution in [0.1, 0.15) is 29.3 Å². The molecule has 1 saturated heterocycles. The molecule has 0 aliphatic carbocycles. The summed E-state index contributed by atoms with van der Waals surface area (Å²) in [5, 5.41) is 10.9. The van der Waals surface area contributed by atoms with Crippen molar-refractivity contribution in [2.24, 2.45) is 0 Å². The van der Waals surface area contributed by atoms with Crippen molar-refractivity contribution in [2.45, 2.75) is 30.5 Å². The summed E-state index contributed by atoms with van der Waals surface area (Å²) < 4.78 is 14.9. The first-order valence-corrected chi connectivity index (χ1v) is 12.7. The van der Waals surface area contributed by atoms with Crippen molar-refractivity contribution < 1.29 is 14.6 Å². The van der Waals surface area contributed by atoms with Gasteiger partial charge in [-0.2, -0.15) is 4.98 Å². The van der Waals surface area contributed by atoms with Crippen LogP contribution < -0.4 is 11.4 Å². The van der Waals surface area contributed by atoms with Crippen molar-refractivity contribution in [1.82, 2.24) is 9.55 Å². The van der Waals surface area contributed by atoms with Crippen molar-refractivity contribution in [3.8, 4) is 0 Å². The van der Waals surface area contributed by atoms with E-state index in [9.17, 15) is 9.90 Å². The van der Waals surface area contributed by atoms with Gasteiger partial charge in [-0.15, -0.1) is 0 Å². The van der Waals surface area contributed by atoms with Crippen LogP contribution in [0.4, 0.5) is 5.82 Å². The molecule has 4 aromatic rings. The zero-order chi connectivity index (χ0) is 25.1. The van der Waals surface area contributed by atoms with E-state index < -0.39 is 29.7 Å². The van der Waals surface area contributed by atoms with Crippen LogP contribution in [0.3, 0.4) is 0 Å². The Kier molecular flexibility index (Phi) is 7.20. The lowest BCUT2D eigenvalue weighted by molar-refractivity contribution is -0.0944. The molecular formula is C28H26IN3O4. The molecule has 3 aromatic carbocycles. The van der Waals surface area contributed by atoms with Crippen LogP contribution >= 0.6 is 22.6 Å². The summed E-state index contributed by atoms with van der Waals surface area (Å²) in [5.41, 5.74) is 7.19. The molecule has 0 spiro atoms. The van der Waals surface area contributed by atoms with Gasteiger partial charge in [-0.05, 0) is 39.3 Å². The molecule has 2 heterocycles. The number of rotatable bonds is 7. The molecule has 0 amide bonds. The van der Waals surface area contributed by atoms with Crippen molar-refractivity contribution in [3.05, 3.63) is 128 Å². The van der Waals surface area contributed by atoms with Gasteiger partial charge in [-0.25, -0.2) is 4.79 Å². The lowest BCUT2D eigenvalue weighted by Gasteiger charge is -2.37. The Morgan fingerprint density at radius 3 is 1.97 bits per heavy atom. The maximum absolute atomic E-state index is 12.4. The summed E-state index contributed by atoms with van der Waals surface area (Å²) in [6, 6.07) is 30.0. The highest BCUT2D eigenvalue weighted by atomic mass is 127. The highest BCUT2D eigenvalue weighted by Crippen LogP contribution is 2.41. The number of nitrogens with zero attached hydrogens (tertiary/aromatic N) is 2. The number of aliphatic hydroxyl groups is 1. The first-order chi connectivity index (χ1) is 17.5. The molecule has 5 rings (SSSR count). The number of aliphatic hydroxyl groups excluding tert-OH is 1. The molecule has 3 atom stereocenters. The van der Waals surface area contributed by atoms with E-state index in [2.05, 4.69) is 4.98 Å². The van der Waals surface area contributed by atoms with E-state index >= 15 is 0 Å². The lowest BCUT2D eigenvalue weighted by Crippen LogP contribution is -2.38. The van der Waals surface area contributed by atoms with E-state index in [1.54, 1.807) is 6.20 Å². The second-order valence-electron chi connectivity index (χ2n) is 8.69. The Balaban J connectivity index is 1.50. The molecule has 3 N–H and O–H groups in total. The summed E-state index contributed by atoms with van der Waals surface area (Å²) in [4.78, 5) is 16.3. The number of aromatic nitrogens is 2. The second-order valence-corrected chi connectivity index (χ2v) is 9.85. The van der Waals surface area contributed by atoms with E-state index in [4.69, 9.17) is 15.2 Å². The smallest absolute Gasteiger partial charge is 0.351 e. The SMILES string of the molecule is Nc1nc(=O)n([C@H]2C[C@H](O)[C@@H](COC(c3ccccc3)(c3ccccc3)c3ccccc3)O2)cc1I. The van der Waals surface area contributed by atoms with Gasteiger partial charge in [0.1, 0.15) is 23.8 Å². The number of benzene rings is 3. The van der Waals surface area contributed by atoms with Gasteiger partial charge in [0.05, 0.1) is 16.3 Å². The highest BCUT2D eigenvalue weighted by Gasteiger charge is 2.42. The minimum Gasteiger partial charge on any atom is -0.390 e. The molecule has 0 unspecified atom stereocenters.